The first kappa shape index (κ1) is 16.1. The Kier molecular flexibility index (Phi) is 4.69. The molecule has 4 nitrogen and oxygen atoms in total. The zero-order valence-electron chi connectivity index (χ0n) is 10.5. The molecule has 0 aromatic heterocycles. The summed E-state index contributed by atoms with van der Waals surface area (Å²) in [6.07, 6.45) is 2.18. The molecule has 0 heterocycles. The Morgan fingerprint density at radius 2 is 2.05 bits per heavy atom. The van der Waals surface area contributed by atoms with Crippen molar-refractivity contribution < 1.29 is 13.2 Å². The van der Waals surface area contributed by atoms with Gasteiger partial charge in [-0.1, -0.05) is 27.5 Å². The van der Waals surface area contributed by atoms with Gasteiger partial charge in [-0.25, -0.2) is 8.42 Å². The third kappa shape index (κ3) is 3.67. The maximum absolute atomic E-state index is 12.2. The van der Waals surface area contributed by atoms with Crippen LogP contribution >= 0.6 is 38.2 Å². The first-order valence-corrected chi connectivity index (χ1v) is 9.42. The van der Waals surface area contributed by atoms with Gasteiger partial charge in [0.15, 0.2) is 0 Å². The van der Waals surface area contributed by atoms with Crippen LogP contribution in [-0.2, 0) is 9.05 Å². The summed E-state index contributed by atoms with van der Waals surface area (Å²) in [5.41, 5.74) is 0.0905. The van der Waals surface area contributed by atoms with Crippen LogP contribution in [0.1, 0.15) is 30.1 Å². The standard InChI is InChI=1S/C12H12BrCl2NO3S/c1-6(7-2-3-7)16-12(17)9-4-8(13)5-10(11(9)14)20(15,18)19/h4-7H,2-3H2,1H3,(H,16,17). The predicted molar refractivity (Wildman–Crippen MR) is 81.8 cm³/mol. The van der Waals surface area contributed by atoms with E-state index in [2.05, 4.69) is 21.2 Å². The number of carbonyl (C=O) groups excluding carboxylic acids is 1. The van der Waals surface area contributed by atoms with E-state index in [1.165, 1.54) is 12.1 Å². The Labute approximate surface area is 135 Å². The molecule has 0 saturated heterocycles. The van der Waals surface area contributed by atoms with Gasteiger partial charge >= 0.3 is 0 Å². The van der Waals surface area contributed by atoms with Crippen LogP contribution < -0.4 is 5.32 Å². The lowest BCUT2D eigenvalue weighted by atomic mass is 10.1. The number of benzene rings is 1. The molecule has 0 bridgehead atoms. The van der Waals surface area contributed by atoms with Crippen molar-refractivity contribution in [2.24, 2.45) is 5.92 Å². The second-order valence-electron chi connectivity index (χ2n) is 4.80. The summed E-state index contributed by atoms with van der Waals surface area (Å²) in [7, 11) is 1.30. The third-order valence-corrected chi connectivity index (χ3v) is 5.52. The highest BCUT2D eigenvalue weighted by atomic mass is 79.9. The van der Waals surface area contributed by atoms with Crippen LogP contribution in [0.25, 0.3) is 0 Å². The summed E-state index contributed by atoms with van der Waals surface area (Å²) in [6.45, 7) is 1.92. The molecule has 1 aliphatic carbocycles. The van der Waals surface area contributed by atoms with Crippen molar-refractivity contribution in [1.29, 1.82) is 0 Å². The van der Waals surface area contributed by atoms with E-state index >= 15 is 0 Å². The van der Waals surface area contributed by atoms with Gasteiger partial charge < -0.3 is 5.32 Å². The Morgan fingerprint density at radius 1 is 1.45 bits per heavy atom. The fraction of sp³-hybridized carbons (Fsp3) is 0.417. The molecule has 1 N–H and O–H groups in total. The van der Waals surface area contributed by atoms with Crippen molar-refractivity contribution in [3.8, 4) is 0 Å². The lowest BCUT2D eigenvalue weighted by Crippen LogP contribution is -2.34. The first-order valence-electron chi connectivity index (χ1n) is 5.94. The van der Waals surface area contributed by atoms with Crippen molar-refractivity contribution in [1.82, 2.24) is 5.32 Å². The van der Waals surface area contributed by atoms with E-state index in [4.69, 9.17) is 22.3 Å². The van der Waals surface area contributed by atoms with E-state index in [9.17, 15) is 13.2 Å². The van der Waals surface area contributed by atoms with Gasteiger partial charge in [0, 0.05) is 21.2 Å². The summed E-state index contributed by atoms with van der Waals surface area (Å²) in [4.78, 5) is 11.9. The molecule has 1 fully saturated rings. The summed E-state index contributed by atoms with van der Waals surface area (Å²) in [6, 6.07) is 2.78. The second kappa shape index (κ2) is 5.83. The number of rotatable bonds is 4. The molecular weight excluding hydrogens is 389 g/mol. The van der Waals surface area contributed by atoms with Crippen LogP contribution in [0.4, 0.5) is 0 Å². The number of amides is 1. The van der Waals surface area contributed by atoms with Crippen molar-refractivity contribution >= 4 is 53.2 Å². The number of carbonyl (C=O) groups is 1. The molecule has 1 aromatic rings. The van der Waals surface area contributed by atoms with Gasteiger partial charge in [-0.15, -0.1) is 0 Å². The molecule has 0 aliphatic heterocycles. The topological polar surface area (TPSA) is 63.2 Å². The zero-order valence-corrected chi connectivity index (χ0v) is 14.4. The SMILES string of the molecule is CC(NC(=O)c1cc(Br)cc(S(=O)(=O)Cl)c1Cl)C1CC1. The maximum Gasteiger partial charge on any atom is 0.262 e. The number of nitrogens with one attached hydrogen (secondary N) is 1. The van der Waals surface area contributed by atoms with Gasteiger partial charge in [-0.2, -0.15) is 0 Å². The van der Waals surface area contributed by atoms with Crippen LogP contribution in [0.2, 0.25) is 5.02 Å². The molecule has 20 heavy (non-hydrogen) atoms. The van der Waals surface area contributed by atoms with Crippen molar-refractivity contribution in [2.45, 2.75) is 30.7 Å². The zero-order chi connectivity index (χ0) is 15.1. The highest BCUT2D eigenvalue weighted by molar-refractivity contribution is 9.10. The highest BCUT2D eigenvalue weighted by Crippen LogP contribution is 2.34. The van der Waals surface area contributed by atoms with Crippen LogP contribution in [-0.4, -0.2) is 20.4 Å². The Balaban J connectivity index is 2.35. The van der Waals surface area contributed by atoms with E-state index in [-0.39, 0.29) is 21.5 Å². The van der Waals surface area contributed by atoms with Gasteiger partial charge in [-0.05, 0) is 37.8 Å². The largest absolute Gasteiger partial charge is 0.349 e. The fourth-order valence-corrected chi connectivity index (χ4v) is 4.09. The lowest BCUT2D eigenvalue weighted by Gasteiger charge is -2.14. The minimum atomic E-state index is -4.01. The van der Waals surface area contributed by atoms with Crippen LogP contribution in [0.15, 0.2) is 21.5 Å². The molecule has 1 saturated carbocycles. The van der Waals surface area contributed by atoms with Gasteiger partial charge in [0.1, 0.15) is 4.90 Å². The van der Waals surface area contributed by atoms with Crippen molar-refractivity contribution in [3.63, 3.8) is 0 Å². The molecule has 0 spiro atoms. The van der Waals surface area contributed by atoms with Crippen molar-refractivity contribution in [3.05, 3.63) is 27.2 Å². The molecule has 1 atom stereocenters. The van der Waals surface area contributed by atoms with E-state index < -0.39 is 15.0 Å². The minimum Gasteiger partial charge on any atom is -0.349 e. The number of hydrogen-bond donors (Lipinski definition) is 1. The lowest BCUT2D eigenvalue weighted by molar-refractivity contribution is 0.0935. The molecule has 2 rings (SSSR count). The summed E-state index contributed by atoms with van der Waals surface area (Å²) in [5, 5.41) is 2.66. The monoisotopic (exact) mass is 399 g/mol. The summed E-state index contributed by atoms with van der Waals surface area (Å²) >= 11 is 9.15. The molecule has 1 aliphatic rings. The Bertz CT molecular complexity index is 659. The molecule has 8 heteroatoms. The average molecular weight is 401 g/mol. The predicted octanol–water partition coefficient (Wildman–Crippen LogP) is 3.56. The Morgan fingerprint density at radius 3 is 2.55 bits per heavy atom. The third-order valence-electron chi connectivity index (χ3n) is 3.20. The molecule has 1 amide bonds. The van der Waals surface area contributed by atoms with Gasteiger partial charge in [0.2, 0.25) is 0 Å². The molecule has 1 aromatic carbocycles. The van der Waals surface area contributed by atoms with Crippen LogP contribution in [0, 0.1) is 5.92 Å². The van der Waals surface area contributed by atoms with E-state index in [0.717, 1.165) is 12.8 Å². The normalized spacial score (nSPS) is 16.8. The minimum absolute atomic E-state index is 0.0357. The number of hydrogen-bond acceptors (Lipinski definition) is 3. The van der Waals surface area contributed by atoms with Crippen LogP contribution in [0.5, 0.6) is 0 Å². The molecule has 0 radical (unpaired) electrons. The maximum atomic E-state index is 12.2. The highest BCUT2D eigenvalue weighted by Gasteiger charge is 2.30. The summed E-state index contributed by atoms with van der Waals surface area (Å²) < 4.78 is 23.3. The van der Waals surface area contributed by atoms with Crippen molar-refractivity contribution in [2.75, 3.05) is 0 Å². The van der Waals surface area contributed by atoms with Gasteiger partial charge in [0.25, 0.3) is 15.0 Å². The fourth-order valence-electron chi connectivity index (χ4n) is 1.91. The van der Waals surface area contributed by atoms with Crippen LogP contribution in [0.3, 0.4) is 0 Å². The molecule has 1 unspecified atom stereocenters. The summed E-state index contributed by atoms with van der Waals surface area (Å²) in [5.74, 6) is 0.0818. The van der Waals surface area contributed by atoms with E-state index in [1.807, 2.05) is 6.92 Å². The second-order valence-corrected chi connectivity index (χ2v) is 8.63. The molecule has 110 valence electrons. The first-order chi connectivity index (χ1) is 9.20. The smallest absolute Gasteiger partial charge is 0.262 e. The Hall–Kier alpha value is -0.300. The molecular formula is C12H12BrCl2NO3S. The number of halogens is 3. The average Bonchev–Trinajstić information content (AvgIpc) is 3.13. The van der Waals surface area contributed by atoms with E-state index in [0.29, 0.717) is 10.4 Å². The quantitative estimate of drug-likeness (QED) is 0.786. The van der Waals surface area contributed by atoms with Gasteiger partial charge in [-0.3, -0.25) is 4.79 Å². The van der Waals surface area contributed by atoms with Gasteiger partial charge in [0.05, 0.1) is 10.6 Å². The van der Waals surface area contributed by atoms with E-state index in [1.54, 1.807) is 0 Å².